The quantitative estimate of drug-likeness (QED) is 0.159. The van der Waals surface area contributed by atoms with Crippen molar-refractivity contribution in [3.63, 3.8) is 0 Å². The standard InChI is InChI=1S/C76H54BNOSi2/c1-76(2,3)52-40-41-64(59(46-52)49-23-7-4-8-24-49)78-65-47-61-58-32-15-19-35-69(58)80(53-25-9-5-10-26-53,54-27-11-6-12-28-54)74(61)48-63(65)77-62-33-17-18-34-67(62)79-68-45-51(44-66(78)75(68)77)50-39-42-73-60(43-50)57-31-16-22-38-72(57)81(73)70-36-20-13-29-55(70)56-30-14-21-37-71(56)81/h4-48H,1-3H3. The average Bonchev–Trinajstić information content (AvgIpc) is 2.50. The number of nitrogens with zero attached hydrogens (tertiary/aromatic N) is 1. The first-order valence-electron chi connectivity index (χ1n) is 28.6. The fourth-order valence-corrected chi connectivity index (χ4v) is 26.2. The Kier molecular flexibility index (Phi) is 9.86. The van der Waals surface area contributed by atoms with Crippen molar-refractivity contribution in [3.8, 4) is 67.1 Å². The number of fused-ring (bicyclic) bond motifs is 17. The molecule has 81 heavy (non-hydrogen) atoms. The van der Waals surface area contributed by atoms with Crippen LogP contribution in [0.15, 0.2) is 273 Å². The zero-order valence-corrected chi connectivity index (χ0v) is 47.4. The van der Waals surface area contributed by atoms with Gasteiger partial charge in [0.05, 0.1) is 5.69 Å². The predicted molar refractivity (Wildman–Crippen MR) is 346 cm³/mol. The van der Waals surface area contributed by atoms with E-state index in [1.54, 1.807) is 0 Å². The summed E-state index contributed by atoms with van der Waals surface area (Å²) in [4.78, 5) is 2.63. The van der Waals surface area contributed by atoms with Crippen LogP contribution in [0.4, 0.5) is 17.1 Å². The monoisotopic (exact) mass is 1060 g/mol. The Labute approximate surface area is 476 Å². The van der Waals surface area contributed by atoms with Gasteiger partial charge in [-0.2, -0.15) is 0 Å². The SMILES string of the molecule is CC(C)(C)c1ccc(N2c3cc4c(cc3B3c5ccccc5Oc5cc(-c6ccc7c(c6)-c6ccccc6[Si]76c7ccccc7-c7ccccc76)cc2c53)[Si](c2ccccc2)(c2ccccc2)c2ccccc2-4)c(-c2ccccc2)c1. The van der Waals surface area contributed by atoms with E-state index in [0.29, 0.717) is 0 Å². The second-order valence-electron chi connectivity index (χ2n) is 23.8. The molecule has 0 saturated heterocycles. The van der Waals surface area contributed by atoms with E-state index in [0.717, 1.165) is 28.4 Å². The molecule has 380 valence electrons. The summed E-state index contributed by atoms with van der Waals surface area (Å²) < 4.78 is 7.38. The van der Waals surface area contributed by atoms with Gasteiger partial charge in [0.2, 0.25) is 0 Å². The van der Waals surface area contributed by atoms with E-state index >= 15 is 0 Å². The van der Waals surface area contributed by atoms with Crippen molar-refractivity contribution >= 4 is 97.8 Å². The largest absolute Gasteiger partial charge is 0.458 e. The van der Waals surface area contributed by atoms with Gasteiger partial charge in [0, 0.05) is 16.9 Å². The van der Waals surface area contributed by atoms with Gasteiger partial charge < -0.3 is 9.64 Å². The molecule has 0 radical (unpaired) electrons. The molecular weight excluding hydrogens is 1010 g/mol. The second-order valence-corrected chi connectivity index (χ2v) is 31.2. The van der Waals surface area contributed by atoms with E-state index in [1.165, 1.54) is 119 Å². The summed E-state index contributed by atoms with van der Waals surface area (Å²) in [6.45, 7) is 6.87. The average molecular weight is 1060 g/mol. The zero-order chi connectivity index (χ0) is 53.8. The lowest BCUT2D eigenvalue weighted by molar-refractivity contribution is 0.488. The molecule has 12 aromatic carbocycles. The van der Waals surface area contributed by atoms with Crippen LogP contribution in [0, 0.1) is 0 Å². The molecular formula is C76H54BNOSi2. The van der Waals surface area contributed by atoms with Crippen LogP contribution in [0.25, 0.3) is 55.6 Å². The number of para-hydroxylation sites is 1. The fourth-order valence-electron chi connectivity index (χ4n) is 15.4. The van der Waals surface area contributed by atoms with Crippen molar-refractivity contribution in [2.45, 2.75) is 26.2 Å². The summed E-state index contributed by atoms with van der Waals surface area (Å²) in [5.41, 5.74) is 21.1. The molecule has 5 heteroatoms. The van der Waals surface area contributed by atoms with Crippen LogP contribution in [0.1, 0.15) is 26.3 Å². The highest BCUT2D eigenvalue weighted by molar-refractivity contribution is 7.24. The first-order valence-corrected chi connectivity index (χ1v) is 32.6. The third-order valence-electron chi connectivity index (χ3n) is 18.8. The van der Waals surface area contributed by atoms with E-state index in [9.17, 15) is 0 Å². The number of anilines is 3. The van der Waals surface area contributed by atoms with Crippen LogP contribution in [0.2, 0.25) is 0 Å². The van der Waals surface area contributed by atoms with E-state index in [1.807, 2.05) is 0 Å². The minimum absolute atomic E-state index is 0.0762. The third kappa shape index (κ3) is 6.33. The number of hydrogen-bond acceptors (Lipinski definition) is 2. The molecule has 0 unspecified atom stereocenters. The van der Waals surface area contributed by atoms with Gasteiger partial charge in [-0.05, 0) is 161 Å². The van der Waals surface area contributed by atoms with E-state index in [4.69, 9.17) is 4.74 Å². The van der Waals surface area contributed by atoms with Gasteiger partial charge >= 0.3 is 0 Å². The summed E-state index contributed by atoms with van der Waals surface area (Å²) in [6.07, 6.45) is 0. The number of ether oxygens (including phenoxy) is 1. The van der Waals surface area contributed by atoms with Crippen molar-refractivity contribution in [1.82, 2.24) is 0 Å². The van der Waals surface area contributed by atoms with Crippen LogP contribution in [-0.4, -0.2) is 22.9 Å². The molecule has 5 aliphatic rings. The van der Waals surface area contributed by atoms with Crippen LogP contribution in [0.5, 0.6) is 11.5 Å². The molecule has 0 bridgehead atoms. The molecule has 12 aromatic rings. The molecule has 0 N–H and O–H groups in total. The van der Waals surface area contributed by atoms with Gasteiger partial charge in [-0.1, -0.05) is 251 Å². The summed E-state index contributed by atoms with van der Waals surface area (Å²) in [5.74, 6) is 1.81. The minimum Gasteiger partial charge on any atom is -0.458 e. The van der Waals surface area contributed by atoms with Gasteiger partial charge in [-0.3, -0.25) is 0 Å². The first-order chi connectivity index (χ1) is 39.8. The first kappa shape index (κ1) is 46.6. The molecule has 0 amide bonds. The van der Waals surface area contributed by atoms with Gasteiger partial charge in [0.1, 0.15) is 11.5 Å². The topological polar surface area (TPSA) is 12.5 Å². The summed E-state index contributed by atoms with van der Waals surface area (Å²) >= 11 is 0. The number of hydrogen-bond donors (Lipinski definition) is 0. The Morgan fingerprint density at radius 2 is 0.840 bits per heavy atom. The lowest BCUT2D eigenvalue weighted by Gasteiger charge is -2.42. The normalized spacial score (nSPS) is 14.6. The van der Waals surface area contributed by atoms with Crippen molar-refractivity contribution in [3.05, 3.63) is 279 Å². The number of benzene rings is 12. The molecule has 17 rings (SSSR count). The highest BCUT2D eigenvalue weighted by Crippen LogP contribution is 2.49. The molecule has 0 aliphatic carbocycles. The maximum absolute atomic E-state index is 7.38. The van der Waals surface area contributed by atoms with E-state index < -0.39 is 16.1 Å². The molecule has 2 nitrogen and oxygen atoms in total. The lowest BCUT2D eigenvalue weighted by atomic mass is 9.34. The molecule has 0 atom stereocenters. The van der Waals surface area contributed by atoms with Gasteiger partial charge in [-0.25, -0.2) is 0 Å². The highest BCUT2D eigenvalue weighted by atomic mass is 28.3. The maximum Gasteiger partial charge on any atom is 0.256 e. The zero-order valence-electron chi connectivity index (χ0n) is 45.4. The highest BCUT2D eigenvalue weighted by Gasteiger charge is 2.55. The van der Waals surface area contributed by atoms with Crippen molar-refractivity contribution < 1.29 is 4.74 Å². The Morgan fingerprint density at radius 1 is 0.321 bits per heavy atom. The molecule has 0 fully saturated rings. The lowest BCUT2D eigenvalue weighted by Crippen LogP contribution is -2.73. The molecule has 5 heterocycles. The van der Waals surface area contributed by atoms with Crippen LogP contribution >= 0.6 is 0 Å². The Bertz CT molecular complexity index is 4540. The minimum atomic E-state index is -2.88. The smallest absolute Gasteiger partial charge is 0.256 e. The van der Waals surface area contributed by atoms with Gasteiger partial charge in [-0.15, -0.1) is 0 Å². The third-order valence-corrected chi connectivity index (χ3v) is 28.6. The summed E-state index contributed by atoms with van der Waals surface area (Å²) in [6, 6.07) is 105. The maximum atomic E-state index is 7.38. The van der Waals surface area contributed by atoms with E-state index in [2.05, 4.69) is 299 Å². The Hall–Kier alpha value is -9.26. The second kappa shape index (κ2) is 17.1. The molecule has 5 aliphatic heterocycles. The summed E-state index contributed by atoms with van der Waals surface area (Å²) in [5, 5.41) is 11.6. The predicted octanol–water partition coefficient (Wildman–Crippen LogP) is 11.4. The molecule has 0 saturated carbocycles. The Morgan fingerprint density at radius 3 is 1.46 bits per heavy atom. The Balaban J connectivity index is 0.962. The van der Waals surface area contributed by atoms with Crippen LogP contribution in [0.3, 0.4) is 0 Å². The van der Waals surface area contributed by atoms with Crippen LogP contribution in [-0.2, 0) is 5.41 Å². The number of rotatable bonds is 5. The van der Waals surface area contributed by atoms with E-state index in [-0.39, 0.29) is 12.1 Å². The summed E-state index contributed by atoms with van der Waals surface area (Å²) in [7, 11) is -5.51. The van der Waals surface area contributed by atoms with Crippen molar-refractivity contribution in [2.24, 2.45) is 0 Å². The molecule has 1 spiro atoms. The van der Waals surface area contributed by atoms with Gasteiger partial charge in [0.25, 0.3) is 6.71 Å². The fraction of sp³-hybridized carbons (Fsp3) is 0.0526. The van der Waals surface area contributed by atoms with Crippen molar-refractivity contribution in [1.29, 1.82) is 0 Å². The van der Waals surface area contributed by atoms with Gasteiger partial charge in [0.15, 0.2) is 16.1 Å². The van der Waals surface area contributed by atoms with Crippen molar-refractivity contribution in [2.75, 3.05) is 4.90 Å². The van der Waals surface area contributed by atoms with Crippen LogP contribution < -0.4 is 67.5 Å². The molecule has 0 aromatic heterocycles.